The van der Waals surface area contributed by atoms with Crippen LogP contribution < -0.4 is 10.5 Å². The molecule has 5 heteroatoms. The van der Waals surface area contributed by atoms with Gasteiger partial charge in [0.2, 0.25) is 5.88 Å². The van der Waals surface area contributed by atoms with Gasteiger partial charge in [-0.25, -0.2) is 9.37 Å². The van der Waals surface area contributed by atoms with Crippen molar-refractivity contribution in [3.05, 3.63) is 51.9 Å². The van der Waals surface area contributed by atoms with Crippen LogP contribution in [0.2, 0.25) is 0 Å². The van der Waals surface area contributed by atoms with Gasteiger partial charge in [-0.15, -0.1) is 0 Å². The van der Waals surface area contributed by atoms with E-state index in [0.717, 1.165) is 28.4 Å². The van der Waals surface area contributed by atoms with Gasteiger partial charge in [-0.2, -0.15) is 0 Å². The predicted molar refractivity (Wildman–Crippen MR) is 85.1 cm³/mol. The number of hydrogen-bond acceptors (Lipinski definition) is 3. The number of nitrogens with zero attached hydrogens (tertiary/aromatic N) is 1. The van der Waals surface area contributed by atoms with Crippen molar-refractivity contribution in [1.29, 1.82) is 0 Å². The van der Waals surface area contributed by atoms with E-state index in [-0.39, 0.29) is 11.8 Å². The Morgan fingerprint density at radius 3 is 2.81 bits per heavy atom. The molecule has 112 valence electrons. The highest BCUT2D eigenvalue weighted by atomic mass is 79.9. The Bertz CT molecular complexity index is 634. The van der Waals surface area contributed by atoms with Crippen LogP contribution in [0.25, 0.3) is 0 Å². The average molecular weight is 353 g/mol. The Hall–Kier alpha value is -1.46. The molecule has 21 heavy (non-hydrogen) atoms. The van der Waals surface area contributed by atoms with Crippen LogP contribution in [0.15, 0.2) is 34.9 Å². The highest BCUT2D eigenvalue weighted by Crippen LogP contribution is 2.28. The number of aryl methyl sites for hydroxylation is 1. The Labute approximate surface area is 132 Å². The number of halogens is 2. The van der Waals surface area contributed by atoms with Crippen LogP contribution in [0.1, 0.15) is 24.5 Å². The molecule has 2 rings (SSSR count). The largest absolute Gasteiger partial charge is 0.436 e. The second-order valence-electron chi connectivity index (χ2n) is 5.01. The zero-order valence-corrected chi connectivity index (χ0v) is 13.7. The van der Waals surface area contributed by atoms with Crippen molar-refractivity contribution in [3.63, 3.8) is 0 Å². The lowest BCUT2D eigenvalue weighted by molar-refractivity contribution is 0.423. The summed E-state index contributed by atoms with van der Waals surface area (Å²) in [5.74, 6) is 0.135. The number of hydrogen-bond donors (Lipinski definition) is 1. The summed E-state index contributed by atoms with van der Waals surface area (Å²) in [5.41, 5.74) is 7.86. The smallest absolute Gasteiger partial charge is 0.222 e. The van der Waals surface area contributed by atoms with E-state index >= 15 is 0 Å². The molecule has 0 saturated heterocycles. The monoisotopic (exact) mass is 352 g/mol. The Balaban J connectivity index is 2.19. The van der Waals surface area contributed by atoms with Gasteiger partial charge in [-0.3, -0.25) is 0 Å². The van der Waals surface area contributed by atoms with Crippen LogP contribution in [0.4, 0.5) is 4.39 Å². The molecule has 1 aromatic heterocycles. The first-order valence-electron chi connectivity index (χ1n) is 6.83. The molecule has 0 fully saturated rings. The molecule has 1 heterocycles. The lowest BCUT2D eigenvalue weighted by Gasteiger charge is -2.12. The summed E-state index contributed by atoms with van der Waals surface area (Å²) in [7, 11) is 0. The van der Waals surface area contributed by atoms with E-state index in [4.69, 9.17) is 10.5 Å². The van der Waals surface area contributed by atoms with Crippen molar-refractivity contribution in [2.45, 2.75) is 32.7 Å². The molecule has 0 aliphatic carbocycles. The standard InChI is InChI=1S/C16H18BrFN2O/c1-3-13(19)7-11-6-10(2)16(20-9-11)21-15-8-12(17)4-5-14(15)18/h4-6,8-9,13H,3,7,19H2,1-2H3. The molecule has 0 spiro atoms. The van der Waals surface area contributed by atoms with Crippen LogP contribution in [-0.2, 0) is 6.42 Å². The van der Waals surface area contributed by atoms with Gasteiger partial charge in [0.1, 0.15) is 0 Å². The third-order valence-corrected chi connectivity index (χ3v) is 3.70. The molecule has 2 aromatic rings. The molecular weight excluding hydrogens is 335 g/mol. The highest BCUT2D eigenvalue weighted by molar-refractivity contribution is 9.10. The lowest BCUT2D eigenvalue weighted by Crippen LogP contribution is -2.21. The first kappa shape index (κ1) is 15.9. The molecule has 0 radical (unpaired) electrons. The van der Waals surface area contributed by atoms with Crippen LogP contribution in [-0.4, -0.2) is 11.0 Å². The minimum absolute atomic E-state index is 0.125. The maximum Gasteiger partial charge on any atom is 0.222 e. The number of rotatable bonds is 5. The van der Waals surface area contributed by atoms with Gasteiger partial charge in [0.15, 0.2) is 11.6 Å². The second kappa shape index (κ2) is 7.00. The molecule has 3 nitrogen and oxygen atoms in total. The summed E-state index contributed by atoms with van der Waals surface area (Å²) in [6.07, 6.45) is 3.42. The summed E-state index contributed by atoms with van der Waals surface area (Å²) in [5, 5.41) is 0. The van der Waals surface area contributed by atoms with E-state index in [1.807, 2.05) is 13.0 Å². The van der Waals surface area contributed by atoms with E-state index < -0.39 is 5.82 Å². The first-order valence-corrected chi connectivity index (χ1v) is 7.63. The topological polar surface area (TPSA) is 48.1 Å². The van der Waals surface area contributed by atoms with Crippen LogP contribution in [0.3, 0.4) is 0 Å². The van der Waals surface area contributed by atoms with Crippen LogP contribution in [0, 0.1) is 12.7 Å². The Kier molecular flexibility index (Phi) is 5.31. The quantitative estimate of drug-likeness (QED) is 0.869. The summed E-state index contributed by atoms with van der Waals surface area (Å²) < 4.78 is 20.0. The predicted octanol–water partition coefficient (Wildman–Crippen LogP) is 4.36. The molecule has 0 aliphatic heterocycles. The number of ether oxygens (including phenoxy) is 1. The van der Waals surface area contributed by atoms with Crippen molar-refractivity contribution in [2.24, 2.45) is 5.73 Å². The van der Waals surface area contributed by atoms with E-state index in [1.165, 1.54) is 6.07 Å². The van der Waals surface area contributed by atoms with Gasteiger partial charge in [0, 0.05) is 22.3 Å². The molecule has 0 saturated carbocycles. The fourth-order valence-corrected chi connectivity index (χ4v) is 2.29. The van der Waals surface area contributed by atoms with Crippen molar-refractivity contribution in [3.8, 4) is 11.6 Å². The van der Waals surface area contributed by atoms with Gasteiger partial charge in [-0.1, -0.05) is 22.9 Å². The zero-order chi connectivity index (χ0) is 15.4. The van der Waals surface area contributed by atoms with Crippen molar-refractivity contribution in [1.82, 2.24) is 4.98 Å². The lowest BCUT2D eigenvalue weighted by atomic mass is 10.1. The minimum Gasteiger partial charge on any atom is -0.436 e. The summed E-state index contributed by atoms with van der Waals surface area (Å²) in [4.78, 5) is 4.27. The van der Waals surface area contributed by atoms with Crippen molar-refractivity contribution in [2.75, 3.05) is 0 Å². The average Bonchev–Trinajstić information content (AvgIpc) is 2.45. The SMILES string of the molecule is CCC(N)Cc1cnc(Oc2cc(Br)ccc2F)c(C)c1. The number of aromatic nitrogens is 1. The van der Waals surface area contributed by atoms with Gasteiger partial charge in [-0.05, 0) is 49.6 Å². The van der Waals surface area contributed by atoms with Gasteiger partial charge in [0.05, 0.1) is 0 Å². The molecule has 1 unspecified atom stereocenters. The second-order valence-corrected chi connectivity index (χ2v) is 5.93. The third-order valence-electron chi connectivity index (χ3n) is 3.21. The molecule has 0 bridgehead atoms. The molecule has 0 aliphatic rings. The molecule has 1 atom stereocenters. The van der Waals surface area contributed by atoms with E-state index in [9.17, 15) is 4.39 Å². The normalized spacial score (nSPS) is 12.2. The highest BCUT2D eigenvalue weighted by Gasteiger charge is 2.10. The van der Waals surface area contributed by atoms with E-state index in [2.05, 4.69) is 27.8 Å². The van der Waals surface area contributed by atoms with Gasteiger partial charge >= 0.3 is 0 Å². The van der Waals surface area contributed by atoms with Crippen molar-refractivity contribution < 1.29 is 9.13 Å². The molecular formula is C16H18BrFN2O. The number of pyridine rings is 1. The Morgan fingerprint density at radius 1 is 1.38 bits per heavy atom. The first-order chi connectivity index (χ1) is 9.99. The van der Waals surface area contributed by atoms with Gasteiger partial charge in [0.25, 0.3) is 0 Å². The molecule has 1 aromatic carbocycles. The van der Waals surface area contributed by atoms with E-state index in [1.54, 1.807) is 18.3 Å². The summed E-state index contributed by atoms with van der Waals surface area (Å²) in [6, 6.07) is 6.66. The maximum absolute atomic E-state index is 13.7. The fraction of sp³-hybridized carbons (Fsp3) is 0.312. The van der Waals surface area contributed by atoms with E-state index in [0.29, 0.717) is 5.88 Å². The number of benzene rings is 1. The Morgan fingerprint density at radius 2 is 2.14 bits per heavy atom. The minimum atomic E-state index is -0.420. The maximum atomic E-state index is 13.7. The third kappa shape index (κ3) is 4.25. The van der Waals surface area contributed by atoms with Crippen molar-refractivity contribution >= 4 is 15.9 Å². The molecule has 0 amide bonds. The zero-order valence-electron chi connectivity index (χ0n) is 12.1. The summed E-state index contributed by atoms with van der Waals surface area (Å²) in [6.45, 7) is 3.94. The summed E-state index contributed by atoms with van der Waals surface area (Å²) >= 11 is 3.29. The molecule has 2 N–H and O–H groups in total. The van der Waals surface area contributed by atoms with Crippen LogP contribution >= 0.6 is 15.9 Å². The van der Waals surface area contributed by atoms with Gasteiger partial charge < -0.3 is 10.5 Å². The fourth-order valence-electron chi connectivity index (χ4n) is 1.95. The van der Waals surface area contributed by atoms with Crippen LogP contribution in [0.5, 0.6) is 11.6 Å². The number of nitrogens with two attached hydrogens (primary N) is 1.